The molecule has 2 heterocycles. The van der Waals surface area contributed by atoms with Gasteiger partial charge in [0.2, 0.25) is 5.79 Å². The standard InChI is InChI=1S/C31H40FN3O11/c1-7-28(38,39)31(43,44)29(40,25(37)33-6)35-15-20-19(24(35)36)9-8-10-23(20)45-30(41,42)21-13-18(11-12-22(21)32)14-34-16-26(2,3)46-27(4,5)17-34/h7-13,38-44H,1,14-17H2,2-6H3,(H,33,37). The Morgan fingerprint density at radius 2 is 1.67 bits per heavy atom. The molecule has 4 rings (SSSR count). The molecule has 0 bridgehead atoms. The summed E-state index contributed by atoms with van der Waals surface area (Å²) >= 11 is 0. The minimum Gasteiger partial charge on any atom is -0.435 e. The summed E-state index contributed by atoms with van der Waals surface area (Å²) in [6.07, 6.45) is 0.221. The van der Waals surface area contributed by atoms with Gasteiger partial charge in [-0.15, -0.1) is 0 Å². The quantitative estimate of drug-likeness (QED) is 0.119. The zero-order valence-electron chi connectivity index (χ0n) is 26.1. The Bertz CT molecular complexity index is 1530. The van der Waals surface area contributed by atoms with E-state index >= 15 is 4.39 Å². The number of fused-ring (bicyclic) bond motifs is 1. The second kappa shape index (κ2) is 11.6. The molecule has 0 aromatic heterocycles. The van der Waals surface area contributed by atoms with Gasteiger partial charge in [0.25, 0.3) is 23.3 Å². The summed E-state index contributed by atoms with van der Waals surface area (Å²) in [4.78, 5) is 28.5. The van der Waals surface area contributed by atoms with Gasteiger partial charge < -0.3 is 50.5 Å². The zero-order chi connectivity index (χ0) is 34.7. The number of carbonyl (C=O) groups excluding carboxylic acids is 2. The van der Waals surface area contributed by atoms with Crippen molar-refractivity contribution >= 4 is 11.8 Å². The van der Waals surface area contributed by atoms with Crippen LogP contribution in [0.25, 0.3) is 0 Å². The largest absolute Gasteiger partial charge is 0.435 e. The molecule has 0 saturated carbocycles. The number of ether oxygens (including phenoxy) is 2. The smallest absolute Gasteiger partial charge is 0.354 e. The number of carbonyl (C=O) groups is 2. The molecule has 2 aromatic carbocycles. The van der Waals surface area contributed by atoms with Crippen LogP contribution in [-0.2, 0) is 28.6 Å². The molecule has 2 aromatic rings. The number of amides is 2. The maximum Gasteiger partial charge on any atom is 0.354 e. The van der Waals surface area contributed by atoms with Crippen molar-refractivity contribution in [2.75, 3.05) is 20.1 Å². The van der Waals surface area contributed by atoms with Crippen LogP contribution in [0.15, 0.2) is 49.1 Å². The van der Waals surface area contributed by atoms with E-state index in [0.29, 0.717) is 25.2 Å². The third-order valence-electron chi connectivity index (χ3n) is 7.94. The van der Waals surface area contributed by atoms with Crippen LogP contribution < -0.4 is 10.1 Å². The van der Waals surface area contributed by atoms with Gasteiger partial charge in [-0.05, 0) is 63.6 Å². The molecule has 46 heavy (non-hydrogen) atoms. The Balaban J connectivity index is 1.67. The number of aliphatic hydroxyl groups is 7. The molecule has 0 radical (unpaired) electrons. The third kappa shape index (κ3) is 6.13. The maximum absolute atomic E-state index is 15.1. The van der Waals surface area contributed by atoms with Crippen LogP contribution >= 0.6 is 0 Å². The van der Waals surface area contributed by atoms with Gasteiger partial charge in [-0.3, -0.25) is 19.4 Å². The highest BCUT2D eigenvalue weighted by molar-refractivity contribution is 6.03. The SMILES string of the molecule is C=CC(O)(O)C(O)(O)C(O)(C(=O)NC)N1Cc2c(OC(O)(O)c3cc(CN4CC(C)(C)OC(C)(C)C4)ccc3F)cccc2C1=O. The first kappa shape index (κ1) is 35.3. The van der Waals surface area contributed by atoms with Crippen molar-refractivity contribution in [2.45, 2.75) is 75.3 Å². The lowest BCUT2D eigenvalue weighted by molar-refractivity contribution is -0.401. The van der Waals surface area contributed by atoms with Gasteiger partial charge in [0, 0.05) is 37.8 Å². The van der Waals surface area contributed by atoms with Crippen molar-refractivity contribution in [3.63, 3.8) is 0 Å². The molecule has 1 fully saturated rings. The predicted octanol–water partition coefficient (Wildman–Crippen LogP) is -0.673. The minimum absolute atomic E-state index is 0.187. The first-order chi connectivity index (χ1) is 21.0. The number of hydrogen-bond donors (Lipinski definition) is 8. The highest BCUT2D eigenvalue weighted by Crippen LogP contribution is 2.42. The fourth-order valence-corrected chi connectivity index (χ4v) is 6.15. The van der Waals surface area contributed by atoms with Crippen LogP contribution in [0.1, 0.15) is 54.7 Å². The summed E-state index contributed by atoms with van der Waals surface area (Å²) in [5, 5.41) is 76.9. The Kier molecular flexibility index (Phi) is 8.93. The van der Waals surface area contributed by atoms with Crippen molar-refractivity contribution in [2.24, 2.45) is 0 Å². The van der Waals surface area contributed by atoms with E-state index in [1.165, 1.54) is 30.3 Å². The highest BCUT2D eigenvalue weighted by Gasteiger charge is 2.69. The zero-order valence-corrected chi connectivity index (χ0v) is 26.1. The van der Waals surface area contributed by atoms with Gasteiger partial charge in [-0.25, -0.2) is 4.39 Å². The third-order valence-corrected chi connectivity index (χ3v) is 7.94. The van der Waals surface area contributed by atoms with E-state index in [4.69, 9.17) is 9.47 Å². The fraction of sp³-hybridized carbons (Fsp3) is 0.484. The fourth-order valence-electron chi connectivity index (χ4n) is 6.15. The van der Waals surface area contributed by atoms with Crippen molar-refractivity contribution in [1.82, 2.24) is 15.1 Å². The second-order valence-corrected chi connectivity index (χ2v) is 12.8. The molecule has 252 valence electrons. The lowest BCUT2D eigenvalue weighted by atomic mass is 9.91. The summed E-state index contributed by atoms with van der Waals surface area (Å²) < 4.78 is 26.6. The van der Waals surface area contributed by atoms with Gasteiger partial charge in [0.05, 0.1) is 23.3 Å². The molecule has 15 heteroatoms. The molecular weight excluding hydrogens is 609 g/mol. The van der Waals surface area contributed by atoms with Crippen LogP contribution in [0.4, 0.5) is 4.39 Å². The van der Waals surface area contributed by atoms with Gasteiger partial charge >= 0.3 is 5.97 Å². The van der Waals surface area contributed by atoms with Crippen molar-refractivity contribution in [3.8, 4) is 5.75 Å². The molecule has 0 aliphatic carbocycles. The average molecular weight is 650 g/mol. The number of nitrogens with zero attached hydrogens (tertiary/aromatic N) is 2. The molecule has 14 nitrogen and oxygen atoms in total. The number of likely N-dealkylation sites (N-methyl/N-ethyl adjacent to an activating group) is 1. The Morgan fingerprint density at radius 3 is 2.24 bits per heavy atom. The van der Waals surface area contributed by atoms with Gasteiger partial charge in [-0.1, -0.05) is 18.7 Å². The van der Waals surface area contributed by atoms with Crippen molar-refractivity contribution in [1.29, 1.82) is 0 Å². The molecule has 0 spiro atoms. The van der Waals surface area contributed by atoms with Crippen LogP contribution in [0.2, 0.25) is 0 Å². The number of hydrogen-bond acceptors (Lipinski definition) is 12. The summed E-state index contributed by atoms with van der Waals surface area (Å²) in [7, 11) is 0.977. The Labute approximate surface area is 264 Å². The first-order valence-corrected chi connectivity index (χ1v) is 14.3. The summed E-state index contributed by atoms with van der Waals surface area (Å²) in [6, 6.07) is 7.39. The molecule has 2 aliphatic heterocycles. The molecular formula is C31H40FN3O11. The Hall–Kier alpha value is -3.51. The topological polar surface area (TPSA) is 213 Å². The number of morpholine rings is 1. The van der Waals surface area contributed by atoms with E-state index in [2.05, 4.69) is 11.5 Å². The van der Waals surface area contributed by atoms with Gasteiger partial charge in [-0.2, -0.15) is 0 Å². The number of nitrogens with one attached hydrogen (secondary N) is 1. The van der Waals surface area contributed by atoms with E-state index in [1.54, 1.807) is 0 Å². The summed E-state index contributed by atoms with van der Waals surface area (Å²) in [5.41, 5.74) is -5.30. The van der Waals surface area contributed by atoms with E-state index < -0.39 is 70.0 Å². The van der Waals surface area contributed by atoms with Crippen LogP contribution in [0.3, 0.4) is 0 Å². The van der Waals surface area contributed by atoms with Crippen LogP contribution in [-0.4, -0.2) is 106 Å². The lowest BCUT2D eigenvalue weighted by Crippen LogP contribution is -2.78. The normalized spacial score (nSPS) is 19.8. The van der Waals surface area contributed by atoms with E-state index in [-0.39, 0.29) is 22.1 Å². The number of rotatable bonds is 10. The Morgan fingerprint density at radius 1 is 1.07 bits per heavy atom. The first-order valence-electron chi connectivity index (χ1n) is 14.3. The monoisotopic (exact) mass is 649 g/mol. The molecule has 8 N–H and O–H groups in total. The number of halogens is 1. The molecule has 1 saturated heterocycles. The minimum atomic E-state index is -4.15. The predicted molar refractivity (Wildman–Crippen MR) is 158 cm³/mol. The summed E-state index contributed by atoms with van der Waals surface area (Å²) in [5.74, 6) is -15.4. The van der Waals surface area contributed by atoms with Gasteiger partial charge in [0.15, 0.2) is 0 Å². The molecule has 2 aliphatic rings. The van der Waals surface area contributed by atoms with Crippen LogP contribution in [0.5, 0.6) is 5.75 Å². The maximum atomic E-state index is 15.1. The summed E-state index contributed by atoms with van der Waals surface area (Å²) in [6.45, 7) is 11.4. The average Bonchev–Trinajstić information content (AvgIpc) is 3.28. The number of benzene rings is 2. The van der Waals surface area contributed by atoms with E-state index in [0.717, 1.165) is 13.1 Å². The molecule has 1 unspecified atom stereocenters. The lowest BCUT2D eigenvalue weighted by Gasteiger charge is -2.47. The molecule has 1 atom stereocenters. The van der Waals surface area contributed by atoms with E-state index in [1.807, 2.05) is 33.0 Å². The van der Waals surface area contributed by atoms with Gasteiger partial charge in [0.1, 0.15) is 11.6 Å². The van der Waals surface area contributed by atoms with Crippen molar-refractivity contribution in [3.05, 3.63) is 77.1 Å². The second-order valence-electron chi connectivity index (χ2n) is 12.8. The highest BCUT2D eigenvalue weighted by atomic mass is 19.1. The van der Waals surface area contributed by atoms with E-state index in [9.17, 15) is 45.3 Å². The van der Waals surface area contributed by atoms with Crippen molar-refractivity contribution < 1.29 is 59.2 Å². The molecule has 2 amide bonds. The van der Waals surface area contributed by atoms with Crippen LogP contribution in [0, 0.1) is 5.82 Å².